The lowest BCUT2D eigenvalue weighted by Gasteiger charge is -2.36. The summed E-state index contributed by atoms with van der Waals surface area (Å²) in [6, 6.07) is 0. The molecular formula is C22H40IN5O2S. The second kappa shape index (κ2) is 12.8. The Morgan fingerprint density at radius 3 is 2.45 bits per heavy atom. The molecule has 31 heavy (non-hydrogen) atoms. The number of hydrogen-bond acceptors (Lipinski definition) is 5. The summed E-state index contributed by atoms with van der Waals surface area (Å²) in [6.45, 7) is 16.1. The molecule has 0 unspecified atom stereocenters. The van der Waals surface area contributed by atoms with Gasteiger partial charge < -0.3 is 19.9 Å². The first-order valence-electron chi connectivity index (χ1n) is 11.0. The number of ether oxygens (including phenoxy) is 1. The molecule has 0 bridgehead atoms. The number of guanidine groups is 1. The third kappa shape index (κ3) is 9.11. The van der Waals surface area contributed by atoms with Crippen molar-refractivity contribution < 1.29 is 9.53 Å². The molecule has 1 aromatic heterocycles. The first-order valence-corrected chi connectivity index (χ1v) is 11.8. The van der Waals surface area contributed by atoms with E-state index in [9.17, 15) is 4.79 Å². The maximum atomic E-state index is 12.4. The Labute approximate surface area is 209 Å². The number of carbonyl (C=O) groups is 1. The Morgan fingerprint density at radius 2 is 1.97 bits per heavy atom. The fourth-order valence-electron chi connectivity index (χ4n) is 3.72. The molecular weight excluding hydrogens is 525 g/mol. The second-order valence-electron chi connectivity index (χ2n) is 8.91. The normalized spacial score (nSPS) is 15.5. The van der Waals surface area contributed by atoms with Gasteiger partial charge in [-0.1, -0.05) is 0 Å². The molecule has 1 saturated heterocycles. The van der Waals surface area contributed by atoms with Gasteiger partial charge in [0.05, 0.1) is 10.7 Å². The van der Waals surface area contributed by atoms with Gasteiger partial charge in [-0.3, -0.25) is 4.99 Å². The smallest absolute Gasteiger partial charge is 0.410 e. The number of aryl methyl sites for hydroxylation is 2. The molecule has 1 fully saturated rings. The molecule has 0 radical (unpaired) electrons. The van der Waals surface area contributed by atoms with Crippen LogP contribution in [0.1, 0.15) is 56.1 Å². The fraction of sp³-hybridized carbons (Fsp3) is 0.773. The molecule has 0 saturated carbocycles. The molecule has 2 rings (SSSR count). The molecule has 0 aromatic carbocycles. The molecule has 7 nitrogen and oxygen atoms in total. The van der Waals surface area contributed by atoms with E-state index in [0.717, 1.165) is 62.1 Å². The Bertz CT molecular complexity index is 724. The number of thiazole rings is 1. The van der Waals surface area contributed by atoms with Crippen LogP contribution in [0.3, 0.4) is 0 Å². The molecule has 1 aliphatic heterocycles. The monoisotopic (exact) mass is 565 g/mol. The highest BCUT2D eigenvalue weighted by molar-refractivity contribution is 14.0. The van der Waals surface area contributed by atoms with Gasteiger partial charge >= 0.3 is 6.09 Å². The maximum absolute atomic E-state index is 12.4. The van der Waals surface area contributed by atoms with E-state index >= 15 is 0 Å². The van der Waals surface area contributed by atoms with Crippen molar-refractivity contribution in [3.8, 4) is 0 Å². The first-order chi connectivity index (χ1) is 14.1. The van der Waals surface area contributed by atoms with E-state index in [4.69, 9.17) is 4.74 Å². The van der Waals surface area contributed by atoms with Gasteiger partial charge in [0.1, 0.15) is 5.60 Å². The minimum Gasteiger partial charge on any atom is -0.444 e. The number of likely N-dealkylation sites (tertiary alicyclic amines) is 1. The number of amides is 1. The summed E-state index contributed by atoms with van der Waals surface area (Å²) in [4.78, 5) is 26.9. The van der Waals surface area contributed by atoms with Crippen LogP contribution in [0, 0.1) is 19.8 Å². The number of aliphatic imine (C=N–C) groups is 1. The number of halogens is 1. The Morgan fingerprint density at radius 1 is 1.32 bits per heavy atom. The maximum Gasteiger partial charge on any atom is 0.410 e. The van der Waals surface area contributed by atoms with Crippen LogP contribution in [0.5, 0.6) is 0 Å². The molecule has 9 heteroatoms. The van der Waals surface area contributed by atoms with Crippen molar-refractivity contribution in [1.82, 2.24) is 20.1 Å². The van der Waals surface area contributed by atoms with Crippen molar-refractivity contribution in [1.29, 1.82) is 0 Å². The quantitative estimate of drug-likeness (QED) is 0.313. The third-order valence-electron chi connectivity index (χ3n) is 5.27. The van der Waals surface area contributed by atoms with Crippen LogP contribution in [0.15, 0.2) is 4.99 Å². The van der Waals surface area contributed by atoms with Crippen LogP contribution in [0.25, 0.3) is 0 Å². The average Bonchev–Trinajstić information content (AvgIpc) is 2.99. The molecule has 1 aliphatic rings. The van der Waals surface area contributed by atoms with Crippen molar-refractivity contribution in [3.05, 3.63) is 15.6 Å². The zero-order chi connectivity index (χ0) is 22.3. The van der Waals surface area contributed by atoms with Crippen LogP contribution in [-0.4, -0.2) is 72.2 Å². The predicted octanol–water partition coefficient (Wildman–Crippen LogP) is 4.46. The Hall–Kier alpha value is -1.10. The summed E-state index contributed by atoms with van der Waals surface area (Å²) in [7, 11) is 1.85. The van der Waals surface area contributed by atoms with E-state index < -0.39 is 5.60 Å². The van der Waals surface area contributed by atoms with Crippen molar-refractivity contribution in [3.63, 3.8) is 0 Å². The highest BCUT2D eigenvalue weighted by atomic mass is 127. The zero-order valence-corrected chi connectivity index (χ0v) is 23.3. The van der Waals surface area contributed by atoms with Crippen molar-refractivity contribution >= 4 is 47.4 Å². The Balaban J connectivity index is 0.00000480. The first kappa shape index (κ1) is 27.9. The van der Waals surface area contributed by atoms with Crippen molar-refractivity contribution in [2.75, 3.05) is 39.8 Å². The molecule has 0 spiro atoms. The zero-order valence-electron chi connectivity index (χ0n) is 20.2. The lowest BCUT2D eigenvalue weighted by atomic mass is 9.96. The lowest BCUT2D eigenvalue weighted by molar-refractivity contribution is 0.0214. The summed E-state index contributed by atoms with van der Waals surface area (Å²) in [5, 5.41) is 4.63. The molecule has 178 valence electrons. The number of nitrogens with zero attached hydrogens (tertiary/aromatic N) is 4. The molecule has 1 N–H and O–H groups in total. The summed E-state index contributed by atoms with van der Waals surface area (Å²) in [5.41, 5.74) is 0.684. The second-order valence-corrected chi connectivity index (χ2v) is 10.2. The highest BCUT2D eigenvalue weighted by Crippen LogP contribution is 2.20. The molecule has 1 amide bonds. The topological polar surface area (TPSA) is 70.1 Å². The Kier molecular flexibility index (Phi) is 11.5. The van der Waals surface area contributed by atoms with E-state index in [1.807, 2.05) is 39.6 Å². The van der Waals surface area contributed by atoms with Crippen LogP contribution in [-0.2, 0) is 11.2 Å². The summed E-state index contributed by atoms with van der Waals surface area (Å²) < 4.78 is 5.54. The van der Waals surface area contributed by atoms with Crippen molar-refractivity contribution in [2.45, 2.75) is 66.4 Å². The van der Waals surface area contributed by atoms with Gasteiger partial charge in [-0.05, 0) is 60.3 Å². The molecule has 1 aromatic rings. The standard InChI is InChI=1S/C22H39N5O2S.HI/c1-8-26(21(28)29-22(4,5)6)15-18-10-13-27(14-11-18)20(23-7)24-12-9-19-16(2)25-17(3)30-19;/h18H,8-15H2,1-7H3,(H,23,24);1H. The minimum atomic E-state index is -0.456. The number of hydrogen-bond donors (Lipinski definition) is 1. The predicted molar refractivity (Wildman–Crippen MR) is 140 cm³/mol. The van der Waals surface area contributed by atoms with E-state index in [2.05, 4.69) is 34.0 Å². The number of rotatable bonds is 6. The van der Waals surface area contributed by atoms with Crippen LogP contribution in [0.2, 0.25) is 0 Å². The van der Waals surface area contributed by atoms with Gasteiger partial charge in [-0.25, -0.2) is 9.78 Å². The number of aromatic nitrogens is 1. The fourth-order valence-corrected chi connectivity index (χ4v) is 4.66. The molecule has 0 atom stereocenters. The number of carbonyl (C=O) groups excluding carboxylic acids is 1. The highest BCUT2D eigenvalue weighted by Gasteiger charge is 2.27. The van der Waals surface area contributed by atoms with Crippen LogP contribution >= 0.6 is 35.3 Å². The third-order valence-corrected chi connectivity index (χ3v) is 6.41. The minimum absolute atomic E-state index is 0. The summed E-state index contributed by atoms with van der Waals surface area (Å²) in [5.74, 6) is 1.46. The van der Waals surface area contributed by atoms with Gasteiger partial charge in [-0.15, -0.1) is 35.3 Å². The molecule has 2 heterocycles. The van der Waals surface area contributed by atoms with Gasteiger partial charge in [0.15, 0.2) is 5.96 Å². The average molecular weight is 566 g/mol. The van der Waals surface area contributed by atoms with E-state index in [-0.39, 0.29) is 30.1 Å². The van der Waals surface area contributed by atoms with Gasteiger partial charge in [0.25, 0.3) is 0 Å². The van der Waals surface area contributed by atoms with Crippen LogP contribution < -0.4 is 5.32 Å². The summed E-state index contributed by atoms with van der Waals surface area (Å²) in [6.07, 6.45) is 2.85. The lowest BCUT2D eigenvalue weighted by Crippen LogP contribution is -2.48. The summed E-state index contributed by atoms with van der Waals surface area (Å²) >= 11 is 1.78. The van der Waals surface area contributed by atoms with E-state index in [1.165, 1.54) is 4.88 Å². The van der Waals surface area contributed by atoms with Gasteiger partial charge in [-0.2, -0.15) is 0 Å². The van der Waals surface area contributed by atoms with Crippen LogP contribution in [0.4, 0.5) is 4.79 Å². The van der Waals surface area contributed by atoms with E-state index in [1.54, 1.807) is 11.3 Å². The number of piperidine rings is 1. The van der Waals surface area contributed by atoms with Gasteiger partial charge in [0.2, 0.25) is 0 Å². The number of nitrogens with one attached hydrogen (secondary N) is 1. The SMILES string of the molecule is CCN(CC1CCN(C(=NC)NCCc2sc(C)nc2C)CC1)C(=O)OC(C)(C)C.I. The van der Waals surface area contributed by atoms with Crippen molar-refractivity contribution in [2.24, 2.45) is 10.9 Å². The van der Waals surface area contributed by atoms with E-state index in [0.29, 0.717) is 12.5 Å². The van der Waals surface area contributed by atoms with Gasteiger partial charge in [0, 0.05) is 51.1 Å². The largest absolute Gasteiger partial charge is 0.444 e. The molecule has 0 aliphatic carbocycles.